The highest BCUT2D eigenvalue weighted by atomic mass is 16.7. The average molecular weight is 264 g/mol. The molecule has 0 aliphatic carbocycles. The van der Waals surface area contributed by atoms with Crippen LogP contribution in [0.1, 0.15) is 5.56 Å². The van der Waals surface area contributed by atoms with E-state index in [1.54, 1.807) is 17.7 Å². The second-order valence-electron chi connectivity index (χ2n) is 3.79. The summed E-state index contributed by atoms with van der Waals surface area (Å²) in [4.78, 5) is 26.6. The molecule has 2 rings (SSSR count). The Morgan fingerprint density at radius 1 is 1.42 bits per heavy atom. The van der Waals surface area contributed by atoms with Gasteiger partial charge in [0.15, 0.2) is 6.61 Å². The van der Waals surface area contributed by atoms with Gasteiger partial charge in [0.2, 0.25) is 0 Å². The van der Waals surface area contributed by atoms with Crippen molar-refractivity contribution in [1.29, 1.82) is 0 Å². The highest BCUT2D eigenvalue weighted by Crippen LogP contribution is 2.22. The van der Waals surface area contributed by atoms with Crippen molar-refractivity contribution in [3.05, 3.63) is 40.2 Å². The van der Waals surface area contributed by atoms with Gasteiger partial charge in [-0.25, -0.2) is 15.4 Å². The minimum absolute atomic E-state index is 0.314. The number of ether oxygens (including phenoxy) is 1. The molecule has 100 valence electrons. The third kappa shape index (κ3) is 3.09. The standard InChI is InChI=1S/C12H12N2O5/c1-7-4-11(15)18-10-5-8(2-3-9(7)10)17-6-12(16)19-14-13/h2-5,14H,6,13H2,1H3. The first-order valence-corrected chi connectivity index (χ1v) is 5.43. The van der Waals surface area contributed by atoms with E-state index in [2.05, 4.69) is 4.84 Å². The van der Waals surface area contributed by atoms with E-state index in [4.69, 9.17) is 15.0 Å². The van der Waals surface area contributed by atoms with Crippen LogP contribution in [0.3, 0.4) is 0 Å². The highest BCUT2D eigenvalue weighted by molar-refractivity contribution is 5.81. The minimum Gasteiger partial charge on any atom is -0.482 e. The van der Waals surface area contributed by atoms with Crippen LogP contribution in [0, 0.1) is 6.92 Å². The third-order valence-electron chi connectivity index (χ3n) is 2.45. The maximum atomic E-state index is 11.3. The summed E-state index contributed by atoms with van der Waals surface area (Å²) in [6.45, 7) is 1.50. The molecule has 0 aliphatic rings. The molecule has 7 nitrogen and oxygen atoms in total. The van der Waals surface area contributed by atoms with Crippen molar-refractivity contribution in [2.45, 2.75) is 6.92 Å². The van der Waals surface area contributed by atoms with E-state index in [-0.39, 0.29) is 6.61 Å². The van der Waals surface area contributed by atoms with E-state index in [0.717, 1.165) is 10.9 Å². The summed E-state index contributed by atoms with van der Waals surface area (Å²) < 4.78 is 10.2. The molecule has 1 aromatic heterocycles. The second-order valence-corrected chi connectivity index (χ2v) is 3.79. The number of aryl methyl sites for hydroxylation is 1. The summed E-state index contributed by atoms with van der Waals surface area (Å²) in [6.07, 6.45) is 0. The maximum Gasteiger partial charge on any atom is 0.363 e. The van der Waals surface area contributed by atoms with Crippen LogP contribution in [0.2, 0.25) is 0 Å². The summed E-state index contributed by atoms with van der Waals surface area (Å²) in [6, 6.07) is 6.36. The van der Waals surface area contributed by atoms with E-state index < -0.39 is 11.6 Å². The summed E-state index contributed by atoms with van der Waals surface area (Å²) in [7, 11) is 0. The van der Waals surface area contributed by atoms with E-state index in [9.17, 15) is 9.59 Å². The van der Waals surface area contributed by atoms with Crippen molar-refractivity contribution in [2.24, 2.45) is 5.84 Å². The monoisotopic (exact) mass is 264 g/mol. The molecule has 0 unspecified atom stereocenters. The van der Waals surface area contributed by atoms with Crippen LogP contribution >= 0.6 is 0 Å². The van der Waals surface area contributed by atoms with Crippen molar-refractivity contribution >= 4 is 16.9 Å². The van der Waals surface area contributed by atoms with Gasteiger partial charge in [0.1, 0.15) is 11.3 Å². The van der Waals surface area contributed by atoms with Crippen LogP contribution in [0.25, 0.3) is 11.0 Å². The zero-order valence-electron chi connectivity index (χ0n) is 10.1. The Bertz CT molecular complexity index is 665. The molecule has 0 radical (unpaired) electrons. The average Bonchev–Trinajstić information content (AvgIpc) is 2.36. The van der Waals surface area contributed by atoms with Crippen molar-refractivity contribution < 1.29 is 18.8 Å². The molecule has 0 fully saturated rings. The minimum atomic E-state index is -0.673. The number of rotatable bonds is 4. The van der Waals surface area contributed by atoms with Gasteiger partial charge in [-0.05, 0) is 24.6 Å². The number of benzene rings is 1. The summed E-state index contributed by atoms with van der Waals surface area (Å²) in [5.74, 6) is 4.52. The quantitative estimate of drug-likeness (QED) is 0.468. The number of nitrogens with two attached hydrogens (primary N) is 1. The highest BCUT2D eigenvalue weighted by Gasteiger charge is 2.07. The van der Waals surface area contributed by atoms with E-state index >= 15 is 0 Å². The van der Waals surface area contributed by atoms with Crippen molar-refractivity contribution in [3.8, 4) is 5.75 Å². The van der Waals surface area contributed by atoms with Gasteiger partial charge in [0, 0.05) is 17.5 Å². The van der Waals surface area contributed by atoms with Crippen molar-refractivity contribution in [1.82, 2.24) is 5.59 Å². The molecule has 0 bridgehead atoms. The molecule has 3 N–H and O–H groups in total. The molecule has 0 amide bonds. The van der Waals surface area contributed by atoms with E-state index in [1.165, 1.54) is 12.1 Å². The summed E-state index contributed by atoms with van der Waals surface area (Å²) in [5.41, 5.74) is 2.53. The number of hydrogen-bond donors (Lipinski definition) is 2. The van der Waals surface area contributed by atoms with Gasteiger partial charge in [-0.1, -0.05) is 5.59 Å². The van der Waals surface area contributed by atoms with Gasteiger partial charge in [0.25, 0.3) is 0 Å². The lowest BCUT2D eigenvalue weighted by atomic mass is 10.1. The normalized spacial score (nSPS) is 10.4. The number of fused-ring (bicyclic) bond motifs is 1. The molecular weight excluding hydrogens is 252 g/mol. The van der Waals surface area contributed by atoms with Crippen LogP contribution < -0.4 is 21.8 Å². The Morgan fingerprint density at radius 3 is 2.95 bits per heavy atom. The van der Waals surface area contributed by atoms with Crippen molar-refractivity contribution in [2.75, 3.05) is 6.61 Å². The first-order chi connectivity index (χ1) is 9.10. The SMILES string of the molecule is Cc1cc(=O)oc2cc(OCC(=O)ONN)ccc12. The number of carbonyl (C=O) groups is 1. The Kier molecular flexibility index (Phi) is 3.79. The molecule has 0 aliphatic heterocycles. The fourth-order valence-corrected chi connectivity index (χ4v) is 1.63. The van der Waals surface area contributed by atoms with Crippen LogP contribution in [0.4, 0.5) is 0 Å². The largest absolute Gasteiger partial charge is 0.482 e. The molecule has 19 heavy (non-hydrogen) atoms. The molecule has 0 saturated heterocycles. The molecular formula is C12H12N2O5. The smallest absolute Gasteiger partial charge is 0.363 e. The predicted molar refractivity (Wildman–Crippen MR) is 66.1 cm³/mol. The zero-order valence-corrected chi connectivity index (χ0v) is 10.1. The first kappa shape index (κ1) is 13.1. The fourth-order valence-electron chi connectivity index (χ4n) is 1.63. The number of hydrogen-bond acceptors (Lipinski definition) is 7. The van der Waals surface area contributed by atoms with Gasteiger partial charge >= 0.3 is 11.6 Å². The number of carbonyl (C=O) groups excluding carboxylic acids is 1. The Hall–Kier alpha value is -2.38. The van der Waals surface area contributed by atoms with Crippen LogP contribution in [-0.4, -0.2) is 12.6 Å². The first-order valence-electron chi connectivity index (χ1n) is 5.43. The van der Waals surface area contributed by atoms with Gasteiger partial charge in [-0.2, -0.15) is 0 Å². The van der Waals surface area contributed by atoms with E-state index in [1.807, 2.05) is 6.92 Å². The predicted octanol–water partition coefficient (Wildman–Crippen LogP) is 0.402. The maximum absolute atomic E-state index is 11.3. The van der Waals surface area contributed by atoms with Crippen molar-refractivity contribution in [3.63, 3.8) is 0 Å². The molecule has 1 heterocycles. The Balaban J connectivity index is 2.22. The van der Waals surface area contributed by atoms with Gasteiger partial charge in [-0.3, -0.25) is 0 Å². The molecule has 0 atom stereocenters. The number of hydrazine groups is 1. The summed E-state index contributed by atoms with van der Waals surface area (Å²) in [5, 5.41) is 0.804. The Labute approximate surface area is 107 Å². The van der Waals surface area contributed by atoms with E-state index in [0.29, 0.717) is 11.3 Å². The van der Waals surface area contributed by atoms with Gasteiger partial charge < -0.3 is 14.0 Å². The summed E-state index contributed by atoms with van der Waals surface area (Å²) >= 11 is 0. The lowest BCUT2D eigenvalue weighted by Gasteiger charge is -2.06. The zero-order chi connectivity index (χ0) is 13.8. The topological polar surface area (TPSA) is 104 Å². The fraction of sp³-hybridized carbons (Fsp3) is 0.167. The van der Waals surface area contributed by atoms with Gasteiger partial charge in [0.05, 0.1) is 0 Å². The molecule has 0 spiro atoms. The van der Waals surface area contributed by atoms with Crippen LogP contribution in [-0.2, 0) is 9.63 Å². The lowest BCUT2D eigenvalue weighted by molar-refractivity contribution is -0.153. The van der Waals surface area contributed by atoms with Crippen LogP contribution in [0.15, 0.2) is 33.5 Å². The lowest BCUT2D eigenvalue weighted by Crippen LogP contribution is -2.29. The van der Waals surface area contributed by atoms with Gasteiger partial charge in [-0.15, -0.1) is 0 Å². The van der Waals surface area contributed by atoms with Crippen LogP contribution in [0.5, 0.6) is 5.75 Å². The molecule has 2 aromatic rings. The third-order valence-corrected chi connectivity index (χ3v) is 2.45. The molecule has 0 saturated carbocycles. The molecule has 7 heteroatoms. The second kappa shape index (κ2) is 5.51. The molecule has 1 aromatic carbocycles. The number of nitrogens with one attached hydrogen (secondary N) is 1. The Morgan fingerprint density at radius 2 is 2.21 bits per heavy atom.